The van der Waals surface area contributed by atoms with Gasteiger partial charge in [0.1, 0.15) is 0 Å². The van der Waals surface area contributed by atoms with E-state index in [1.54, 1.807) is 12.1 Å². The number of carbonyl (C=O) groups is 1. The molecule has 0 bridgehead atoms. The van der Waals surface area contributed by atoms with Crippen molar-refractivity contribution in [3.05, 3.63) is 77.1 Å². The Bertz CT molecular complexity index is 1160. The van der Waals surface area contributed by atoms with Gasteiger partial charge in [0, 0.05) is 31.6 Å². The fourth-order valence-corrected chi connectivity index (χ4v) is 3.43. The van der Waals surface area contributed by atoms with E-state index in [-0.39, 0.29) is 38.1 Å². The van der Waals surface area contributed by atoms with Crippen LogP contribution >= 0.6 is 0 Å². The van der Waals surface area contributed by atoms with Gasteiger partial charge in [-0.1, -0.05) is 52.0 Å². The van der Waals surface area contributed by atoms with Crippen LogP contribution in [0.15, 0.2) is 54.3 Å². The van der Waals surface area contributed by atoms with Crippen LogP contribution < -0.4 is 0 Å². The topological polar surface area (TPSA) is 50.2 Å². The van der Waals surface area contributed by atoms with Crippen molar-refractivity contribution in [3.63, 3.8) is 0 Å². The molecule has 0 unspecified atom stereocenters. The molecule has 0 aliphatic carbocycles. The summed E-state index contributed by atoms with van der Waals surface area (Å²) in [5.74, 6) is -0.0625. The molecular formula is C27H29F3IrNO2-. The van der Waals surface area contributed by atoms with Crippen molar-refractivity contribution >= 4 is 16.7 Å². The van der Waals surface area contributed by atoms with Gasteiger partial charge in [0.25, 0.3) is 0 Å². The number of benzene rings is 2. The van der Waals surface area contributed by atoms with Crippen LogP contribution in [0.4, 0.5) is 13.2 Å². The zero-order valence-electron chi connectivity index (χ0n) is 20.1. The summed E-state index contributed by atoms with van der Waals surface area (Å²) < 4.78 is 39.8. The summed E-state index contributed by atoms with van der Waals surface area (Å²) in [6, 6.07) is 16.4. The normalized spacial score (nSPS) is 12.0. The predicted molar refractivity (Wildman–Crippen MR) is 126 cm³/mol. The number of hydrogen-bond donors (Lipinski definition) is 1. The average Bonchev–Trinajstić information content (AvgIpc) is 2.65. The quantitative estimate of drug-likeness (QED) is 0.181. The third-order valence-electron chi connectivity index (χ3n) is 5.06. The largest absolute Gasteiger partial charge is 0.512 e. The number of aliphatic hydroxyl groups is 1. The van der Waals surface area contributed by atoms with E-state index < -0.39 is 11.6 Å². The van der Waals surface area contributed by atoms with Gasteiger partial charge >= 0.3 is 6.18 Å². The second-order valence-electron chi connectivity index (χ2n) is 8.89. The molecule has 1 N–H and O–H groups in total. The number of fused-ring (bicyclic) bond motifs is 1. The Morgan fingerprint density at radius 2 is 1.74 bits per heavy atom. The monoisotopic (exact) mass is 649 g/mol. The van der Waals surface area contributed by atoms with E-state index in [0.29, 0.717) is 11.1 Å². The summed E-state index contributed by atoms with van der Waals surface area (Å²) in [7, 11) is 0. The number of rotatable bonds is 4. The van der Waals surface area contributed by atoms with Crippen molar-refractivity contribution in [2.24, 2.45) is 5.41 Å². The summed E-state index contributed by atoms with van der Waals surface area (Å²) in [5.41, 5.74) is 3.39. The number of halogens is 3. The van der Waals surface area contributed by atoms with E-state index in [1.807, 2.05) is 44.2 Å². The summed E-state index contributed by atoms with van der Waals surface area (Å²) in [4.78, 5) is 14.7. The van der Waals surface area contributed by atoms with E-state index in [4.69, 9.17) is 5.11 Å². The minimum atomic E-state index is -4.25. The van der Waals surface area contributed by atoms with E-state index in [9.17, 15) is 18.0 Å². The number of aliphatic hydroxyl groups excluding tert-OH is 1. The van der Waals surface area contributed by atoms with Crippen molar-refractivity contribution in [3.8, 4) is 11.3 Å². The van der Waals surface area contributed by atoms with Gasteiger partial charge in [0.2, 0.25) is 0 Å². The van der Waals surface area contributed by atoms with Crippen LogP contribution in [-0.2, 0) is 31.3 Å². The summed E-state index contributed by atoms with van der Waals surface area (Å²) >= 11 is 0. The summed E-state index contributed by atoms with van der Waals surface area (Å²) in [6.07, 6.45) is -3.17. The van der Waals surface area contributed by atoms with Gasteiger partial charge in [-0.3, -0.25) is 9.78 Å². The molecule has 0 fully saturated rings. The van der Waals surface area contributed by atoms with Crippen molar-refractivity contribution in [2.75, 3.05) is 0 Å². The molecule has 34 heavy (non-hydrogen) atoms. The minimum Gasteiger partial charge on any atom is -0.512 e. The number of pyridine rings is 1. The first-order valence-corrected chi connectivity index (χ1v) is 10.5. The SMILES string of the molecule is CC(=O)/C=C(/C)O.Cc1[c-]c(-c2ccc3c(CC(C)(C)C(F)(F)F)cccc3n2)cc(C)c1.[Ir]. The van der Waals surface area contributed by atoms with E-state index in [0.717, 1.165) is 27.8 Å². The van der Waals surface area contributed by atoms with Gasteiger partial charge in [0.15, 0.2) is 5.78 Å². The number of aryl methyl sites for hydroxylation is 2. The van der Waals surface area contributed by atoms with Crippen LogP contribution in [0.5, 0.6) is 0 Å². The maximum atomic E-state index is 13.3. The average molecular weight is 649 g/mol. The number of ketones is 1. The van der Waals surface area contributed by atoms with Gasteiger partial charge in [-0.25, -0.2) is 0 Å². The van der Waals surface area contributed by atoms with Crippen LogP contribution in [0.25, 0.3) is 22.2 Å². The van der Waals surface area contributed by atoms with Crippen LogP contribution in [0.1, 0.15) is 44.4 Å². The Labute approximate surface area is 212 Å². The van der Waals surface area contributed by atoms with Gasteiger partial charge in [-0.15, -0.1) is 34.9 Å². The summed E-state index contributed by atoms with van der Waals surface area (Å²) in [6.45, 7) is 9.31. The first-order valence-electron chi connectivity index (χ1n) is 10.5. The molecule has 7 heteroatoms. The zero-order valence-corrected chi connectivity index (χ0v) is 22.5. The zero-order chi connectivity index (χ0) is 25.0. The number of allylic oxidation sites excluding steroid dienone is 2. The van der Waals surface area contributed by atoms with E-state index in [1.165, 1.54) is 33.8 Å². The van der Waals surface area contributed by atoms with Crippen molar-refractivity contribution in [1.82, 2.24) is 4.98 Å². The molecule has 0 saturated heterocycles. The van der Waals surface area contributed by atoms with E-state index in [2.05, 4.69) is 11.1 Å². The maximum Gasteiger partial charge on any atom is 0.394 e. The van der Waals surface area contributed by atoms with Crippen LogP contribution in [0.3, 0.4) is 0 Å². The third kappa shape index (κ3) is 8.07. The van der Waals surface area contributed by atoms with Gasteiger partial charge < -0.3 is 5.11 Å². The second-order valence-corrected chi connectivity index (χ2v) is 8.89. The fraction of sp³-hybridized carbons (Fsp3) is 0.333. The molecule has 0 aliphatic heterocycles. The Morgan fingerprint density at radius 1 is 1.09 bits per heavy atom. The third-order valence-corrected chi connectivity index (χ3v) is 5.06. The minimum absolute atomic E-state index is 0. The van der Waals surface area contributed by atoms with Gasteiger partial charge in [-0.2, -0.15) is 13.2 Å². The molecule has 185 valence electrons. The first kappa shape index (κ1) is 29.5. The molecule has 3 nitrogen and oxygen atoms in total. The van der Waals surface area contributed by atoms with Crippen molar-refractivity contribution in [2.45, 2.75) is 54.1 Å². The molecular weight excluding hydrogens is 620 g/mol. The molecule has 0 saturated carbocycles. The second kappa shape index (κ2) is 11.8. The molecule has 3 rings (SSSR count). The molecule has 1 heterocycles. The van der Waals surface area contributed by atoms with E-state index >= 15 is 0 Å². The molecule has 0 amide bonds. The molecule has 0 spiro atoms. The Kier molecular flexibility index (Phi) is 10.2. The van der Waals surface area contributed by atoms with Crippen molar-refractivity contribution < 1.29 is 43.2 Å². The number of carbonyl (C=O) groups excluding carboxylic acids is 1. The first-order chi connectivity index (χ1) is 15.2. The smallest absolute Gasteiger partial charge is 0.394 e. The van der Waals surface area contributed by atoms with Crippen LogP contribution in [0, 0.1) is 25.3 Å². The maximum absolute atomic E-state index is 13.3. The number of hydrogen-bond acceptors (Lipinski definition) is 3. The molecule has 1 aromatic heterocycles. The Hall–Kier alpha value is -2.50. The fourth-order valence-electron chi connectivity index (χ4n) is 3.43. The van der Waals surface area contributed by atoms with Crippen LogP contribution in [-0.4, -0.2) is 22.1 Å². The van der Waals surface area contributed by atoms with Crippen molar-refractivity contribution in [1.29, 1.82) is 0 Å². The Balaban J connectivity index is 0.000000633. The number of nitrogens with zero attached hydrogens (tertiary/aromatic N) is 1. The Morgan fingerprint density at radius 3 is 2.24 bits per heavy atom. The molecule has 2 aromatic carbocycles. The molecule has 0 atom stereocenters. The van der Waals surface area contributed by atoms with Gasteiger partial charge in [0.05, 0.1) is 16.7 Å². The number of aromatic nitrogens is 1. The van der Waals surface area contributed by atoms with Gasteiger partial charge in [-0.05, 0) is 37.6 Å². The van der Waals surface area contributed by atoms with Crippen LogP contribution in [0.2, 0.25) is 0 Å². The molecule has 1 radical (unpaired) electrons. The standard InChI is InChI=1S/C22H21F3N.C5H8O2.Ir/c1-14-10-15(2)12-17(11-14)19-9-8-18-16(6-5-7-20(18)26-19)13-21(3,4)22(23,24)25;1-4(6)3-5(2)7;/h5-11H,13H2,1-4H3;3,6H,1-2H3;/q-1;;/b;4-3-;. The summed E-state index contributed by atoms with van der Waals surface area (Å²) in [5, 5.41) is 9.13. The number of alkyl halides is 3. The molecule has 3 aromatic rings. The molecule has 0 aliphatic rings. The predicted octanol–water partition coefficient (Wildman–Crippen LogP) is 7.48.